The Bertz CT molecular complexity index is 701. The Balaban J connectivity index is 1.89. The van der Waals surface area contributed by atoms with Crippen LogP contribution in [0.3, 0.4) is 0 Å². The molecule has 0 bridgehead atoms. The first-order valence-electron chi connectivity index (χ1n) is 7.08. The number of carbonyl (C=O) groups excluding carboxylic acids is 1. The van der Waals surface area contributed by atoms with E-state index in [1.165, 1.54) is 12.1 Å². The number of hydrogen-bond acceptors (Lipinski definition) is 4. The molecule has 2 aromatic rings. The lowest BCUT2D eigenvalue weighted by atomic mass is 10.2. The maximum Gasteiger partial charge on any atom is 0.258 e. The van der Waals surface area contributed by atoms with Crippen molar-refractivity contribution in [1.82, 2.24) is 5.32 Å². The Morgan fingerprint density at radius 2 is 1.79 bits per heavy atom. The zero-order valence-corrected chi connectivity index (χ0v) is 14.9. The van der Waals surface area contributed by atoms with Gasteiger partial charge in [-0.1, -0.05) is 15.9 Å². The molecular formula is C17H17BrFNO4. The standard InChI is InChI=1S/C17H17BrFNO4/c1-22-13-5-11(6-14(8-13)23-2)9-20-17(21)10-24-16-4-3-12(18)7-15(16)19/h3-8H,9-10H2,1-2H3,(H,20,21). The van der Waals surface area contributed by atoms with Gasteiger partial charge in [0, 0.05) is 17.1 Å². The van der Waals surface area contributed by atoms with Crippen molar-refractivity contribution in [3.63, 3.8) is 0 Å². The van der Waals surface area contributed by atoms with Crippen molar-refractivity contribution in [3.05, 3.63) is 52.3 Å². The fourth-order valence-electron chi connectivity index (χ4n) is 1.96. The molecule has 0 saturated carbocycles. The van der Waals surface area contributed by atoms with Crippen LogP contribution >= 0.6 is 15.9 Å². The molecule has 0 atom stereocenters. The van der Waals surface area contributed by atoms with Gasteiger partial charge in [-0.15, -0.1) is 0 Å². The van der Waals surface area contributed by atoms with Gasteiger partial charge in [0.25, 0.3) is 5.91 Å². The van der Waals surface area contributed by atoms with Crippen molar-refractivity contribution in [2.45, 2.75) is 6.54 Å². The highest BCUT2D eigenvalue weighted by molar-refractivity contribution is 9.10. The number of halogens is 2. The number of benzene rings is 2. The molecule has 5 nitrogen and oxygen atoms in total. The number of ether oxygens (including phenoxy) is 3. The van der Waals surface area contributed by atoms with Gasteiger partial charge in [-0.3, -0.25) is 4.79 Å². The average Bonchev–Trinajstić information content (AvgIpc) is 2.58. The Labute approximate surface area is 147 Å². The van der Waals surface area contributed by atoms with Gasteiger partial charge in [-0.25, -0.2) is 4.39 Å². The van der Waals surface area contributed by atoms with Gasteiger partial charge < -0.3 is 19.5 Å². The van der Waals surface area contributed by atoms with Crippen LogP contribution in [0.2, 0.25) is 0 Å². The van der Waals surface area contributed by atoms with E-state index in [0.29, 0.717) is 16.0 Å². The molecule has 0 aliphatic heterocycles. The third-order valence-corrected chi connectivity index (χ3v) is 3.65. The highest BCUT2D eigenvalue weighted by Gasteiger charge is 2.08. The van der Waals surface area contributed by atoms with E-state index in [4.69, 9.17) is 14.2 Å². The lowest BCUT2D eigenvalue weighted by Crippen LogP contribution is -2.28. The average molecular weight is 398 g/mol. The number of nitrogens with one attached hydrogen (secondary N) is 1. The van der Waals surface area contributed by atoms with Crippen LogP contribution in [0.1, 0.15) is 5.56 Å². The van der Waals surface area contributed by atoms with Crippen LogP contribution in [0.25, 0.3) is 0 Å². The van der Waals surface area contributed by atoms with Gasteiger partial charge in [0.1, 0.15) is 11.5 Å². The largest absolute Gasteiger partial charge is 0.497 e. The van der Waals surface area contributed by atoms with Gasteiger partial charge in [0.05, 0.1) is 14.2 Å². The van der Waals surface area contributed by atoms with E-state index in [2.05, 4.69) is 21.2 Å². The summed E-state index contributed by atoms with van der Waals surface area (Å²) in [5, 5.41) is 2.70. The second-order valence-electron chi connectivity index (χ2n) is 4.86. The van der Waals surface area contributed by atoms with Gasteiger partial charge >= 0.3 is 0 Å². The highest BCUT2D eigenvalue weighted by atomic mass is 79.9. The van der Waals surface area contributed by atoms with Crippen LogP contribution in [0.5, 0.6) is 17.2 Å². The van der Waals surface area contributed by atoms with Crippen LogP contribution in [0.15, 0.2) is 40.9 Å². The molecule has 0 saturated heterocycles. The molecule has 0 aliphatic rings. The first kappa shape index (κ1) is 18.1. The predicted octanol–water partition coefficient (Wildman–Crippen LogP) is 3.30. The summed E-state index contributed by atoms with van der Waals surface area (Å²) in [4.78, 5) is 11.8. The minimum Gasteiger partial charge on any atom is -0.497 e. The summed E-state index contributed by atoms with van der Waals surface area (Å²) in [5.74, 6) is 0.392. The molecule has 0 spiro atoms. The summed E-state index contributed by atoms with van der Waals surface area (Å²) in [6, 6.07) is 9.69. The second-order valence-corrected chi connectivity index (χ2v) is 5.78. The maximum atomic E-state index is 13.6. The monoisotopic (exact) mass is 397 g/mol. The van der Waals surface area contributed by atoms with E-state index in [1.54, 1.807) is 38.5 Å². The SMILES string of the molecule is COc1cc(CNC(=O)COc2ccc(Br)cc2F)cc(OC)c1. The maximum absolute atomic E-state index is 13.6. The summed E-state index contributed by atoms with van der Waals surface area (Å²) in [5.41, 5.74) is 0.814. The summed E-state index contributed by atoms with van der Waals surface area (Å²) in [7, 11) is 3.11. The second kappa shape index (κ2) is 8.54. The van der Waals surface area contributed by atoms with Gasteiger partial charge in [-0.2, -0.15) is 0 Å². The molecule has 1 N–H and O–H groups in total. The van der Waals surface area contributed by atoms with Crippen molar-refractivity contribution >= 4 is 21.8 Å². The fraction of sp³-hybridized carbons (Fsp3) is 0.235. The van der Waals surface area contributed by atoms with Crippen LogP contribution in [-0.4, -0.2) is 26.7 Å². The predicted molar refractivity (Wildman–Crippen MR) is 91.0 cm³/mol. The molecule has 128 valence electrons. The minimum absolute atomic E-state index is 0.0244. The summed E-state index contributed by atoms with van der Waals surface area (Å²) >= 11 is 3.16. The topological polar surface area (TPSA) is 56.8 Å². The molecule has 2 aromatic carbocycles. The van der Waals surface area contributed by atoms with Crippen molar-refractivity contribution < 1.29 is 23.4 Å². The van der Waals surface area contributed by atoms with E-state index in [1.807, 2.05) is 0 Å². The Hall–Kier alpha value is -2.28. The van der Waals surface area contributed by atoms with Crippen LogP contribution in [0, 0.1) is 5.82 Å². The third-order valence-electron chi connectivity index (χ3n) is 3.15. The highest BCUT2D eigenvalue weighted by Crippen LogP contribution is 2.23. The lowest BCUT2D eigenvalue weighted by molar-refractivity contribution is -0.123. The quantitative estimate of drug-likeness (QED) is 0.778. The zero-order chi connectivity index (χ0) is 17.5. The molecule has 0 unspecified atom stereocenters. The summed E-state index contributed by atoms with van der Waals surface area (Å²) < 4.78 is 29.7. The molecular weight excluding hydrogens is 381 g/mol. The summed E-state index contributed by atoms with van der Waals surface area (Å²) in [6.07, 6.45) is 0. The molecule has 0 radical (unpaired) electrons. The van der Waals surface area contributed by atoms with Gasteiger partial charge in [0.2, 0.25) is 0 Å². The molecule has 2 rings (SSSR count). The summed E-state index contributed by atoms with van der Waals surface area (Å²) in [6.45, 7) is -0.00176. The van der Waals surface area contributed by atoms with Gasteiger partial charge in [0.15, 0.2) is 18.2 Å². The number of rotatable bonds is 7. The molecule has 0 heterocycles. The Morgan fingerprint density at radius 1 is 1.12 bits per heavy atom. The number of amides is 1. The van der Waals surface area contributed by atoms with E-state index in [9.17, 15) is 9.18 Å². The van der Waals surface area contributed by atoms with E-state index >= 15 is 0 Å². The van der Waals surface area contributed by atoms with Gasteiger partial charge in [-0.05, 0) is 35.9 Å². The molecule has 0 fully saturated rings. The lowest BCUT2D eigenvalue weighted by Gasteiger charge is -2.10. The van der Waals surface area contributed by atoms with E-state index in [0.717, 1.165) is 5.56 Å². The minimum atomic E-state index is -0.533. The molecule has 24 heavy (non-hydrogen) atoms. The van der Waals surface area contributed by atoms with Crippen LogP contribution in [0.4, 0.5) is 4.39 Å². The molecule has 7 heteroatoms. The van der Waals surface area contributed by atoms with Crippen molar-refractivity contribution in [1.29, 1.82) is 0 Å². The molecule has 1 amide bonds. The van der Waals surface area contributed by atoms with Crippen molar-refractivity contribution in [2.75, 3.05) is 20.8 Å². The number of carbonyl (C=O) groups is 1. The molecule has 0 aliphatic carbocycles. The Morgan fingerprint density at radius 3 is 2.38 bits per heavy atom. The van der Waals surface area contributed by atoms with Crippen molar-refractivity contribution in [3.8, 4) is 17.2 Å². The fourth-order valence-corrected chi connectivity index (χ4v) is 2.29. The zero-order valence-electron chi connectivity index (χ0n) is 13.3. The first-order valence-corrected chi connectivity index (χ1v) is 7.87. The normalized spacial score (nSPS) is 10.2. The van der Waals surface area contributed by atoms with Crippen molar-refractivity contribution in [2.24, 2.45) is 0 Å². The van der Waals surface area contributed by atoms with Crippen LogP contribution in [-0.2, 0) is 11.3 Å². The van der Waals surface area contributed by atoms with E-state index in [-0.39, 0.29) is 24.8 Å². The smallest absolute Gasteiger partial charge is 0.258 e. The number of hydrogen-bond donors (Lipinski definition) is 1. The van der Waals surface area contributed by atoms with Crippen LogP contribution < -0.4 is 19.5 Å². The first-order chi connectivity index (χ1) is 11.5. The third kappa shape index (κ3) is 5.13. The molecule has 0 aromatic heterocycles. The Kier molecular flexibility index (Phi) is 6.43. The van der Waals surface area contributed by atoms with E-state index < -0.39 is 5.82 Å². The number of methoxy groups -OCH3 is 2.